The molecule has 0 N–H and O–H groups in total. The average Bonchev–Trinajstić information content (AvgIpc) is 3.16. The number of hydrogen-bond acceptors (Lipinski definition) is 6. The number of carbonyl (C=O) groups is 1. The zero-order valence-electron chi connectivity index (χ0n) is 14.9. The summed E-state index contributed by atoms with van der Waals surface area (Å²) in [6.07, 6.45) is 0. The van der Waals surface area contributed by atoms with Crippen molar-refractivity contribution >= 4 is 50.6 Å². The second-order valence-corrected chi connectivity index (χ2v) is 11.0. The SMILES string of the molecule is N#Cc1ccc(CSCC(=O)N2CCN(S(=O)(=O)c3ccc(Cl)s3)CC2)cc1. The highest BCUT2D eigenvalue weighted by Gasteiger charge is 2.30. The van der Waals surface area contributed by atoms with Gasteiger partial charge in [0.05, 0.1) is 21.7 Å². The quantitative estimate of drug-likeness (QED) is 0.668. The first kappa shape index (κ1) is 21.1. The molecule has 0 aliphatic carbocycles. The molecular formula is C18H18ClN3O3S3. The highest BCUT2D eigenvalue weighted by Crippen LogP contribution is 2.28. The number of nitriles is 1. The van der Waals surface area contributed by atoms with E-state index < -0.39 is 10.0 Å². The number of thioether (sulfide) groups is 1. The zero-order chi connectivity index (χ0) is 20.1. The molecule has 6 nitrogen and oxygen atoms in total. The normalized spacial score (nSPS) is 15.4. The van der Waals surface area contributed by atoms with Crippen LogP contribution in [0, 0.1) is 11.3 Å². The van der Waals surface area contributed by atoms with E-state index in [9.17, 15) is 13.2 Å². The summed E-state index contributed by atoms with van der Waals surface area (Å²) in [4.78, 5) is 14.1. The Hall–Kier alpha value is -1.57. The fourth-order valence-corrected chi connectivity index (χ4v) is 6.71. The van der Waals surface area contributed by atoms with Crippen LogP contribution in [0.25, 0.3) is 0 Å². The summed E-state index contributed by atoms with van der Waals surface area (Å²) in [6, 6.07) is 12.5. The number of nitrogens with zero attached hydrogens (tertiary/aromatic N) is 3. The van der Waals surface area contributed by atoms with Gasteiger partial charge in [0.25, 0.3) is 10.0 Å². The summed E-state index contributed by atoms with van der Waals surface area (Å²) in [7, 11) is -3.55. The first-order valence-electron chi connectivity index (χ1n) is 8.50. The monoisotopic (exact) mass is 455 g/mol. The maximum absolute atomic E-state index is 12.6. The molecule has 1 fully saturated rings. The lowest BCUT2D eigenvalue weighted by atomic mass is 10.2. The van der Waals surface area contributed by atoms with E-state index in [2.05, 4.69) is 6.07 Å². The minimum Gasteiger partial charge on any atom is -0.339 e. The highest BCUT2D eigenvalue weighted by molar-refractivity contribution is 7.99. The topological polar surface area (TPSA) is 81.5 Å². The van der Waals surface area contributed by atoms with Crippen LogP contribution in [0.3, 0.4) is 0 Å². The first-order valence-corrected chi connectivity index (χ1v) is 12.3. The molecule has 1 aliphatic rings. The second kappa shape index (κ2) is 9.29. The van der Waals surface area contributed by atoms with Crippen LogP contribution in [-0.2, 0) is 20.6 Å². The molecule has 148 valence electrons. The van der Waals surface area contributed by atoms with E-state index in [4.69, 9.17) is 16.9 Å². The van der Waals surface area contributed by atoms with Crippen molar-refractivity contribution in [1.29, 1.82) is 5.26 Å². The van der Waals surface area contributed by atoms with Crippen LogP contribution in [0.1, 0.15) is 11.1 Å². The number of hydrogen-bond donors (Lipinski definition) is 0. The van der Waals surface area contributed by atoms with Gasteiger partial charge in [-0.2, -0.15) is 9.57 Å². The van der Waals surface area contributed by atoms with Crippen LogP contribution in [-0.4, -0.2) is 55.5 Å². The Balaban J connectivity index is 1.46. The van der Waals surface area contributed by atoms with E-state index in [0.717, 1.165) is 16.9 Å². The van der Waals surface area contributed by atoms with Crippen LogP contribution in [0.4, 0.5) is 0 Å². The number of benzene rings is 1. The standard InChI is InChI=1S/C18H18ClN3O3S3/c19-16-5-6-18(27-16)28(24,25)22-9-7-21(8-10-22)17(23)13-26-12-15-3-1-14(11-20)2-4-15/h1-6H,7-10,12-13H2. The summed E-state index contributed by atoms with van der Waals surface area (Å²) in [5.41, 5.74) is 1.67. The maximum atomic E-state index is 12.6. The van der Waals surface area contributed by atoms with E-state index in [1.54, 1.807) is 23.1 Å². The molecule has 0 unspecified atom stereocenters. The van der Waals surface area contributed by atoms with Crippen molar-refractivity contribution in [1.82, 2.24) is 9.21 Å². The lowest BCUT2D eigenvalue weighted by Crippen LogP contribution is -2.50. The number of amides is 1. The van der Waals surface area contributed by atoms with Crippen molar-refractivity contribution in [3.05, 3.63) is 51.9 Å². The third kappa shape index (κ3) is 5.07. The molecule has 10 heteroatoms. The van der Waals surface area contributed by atoms with Crippen molar-refractivity contribution in [2.75, 3.05) is 31.9 Å². The third-order valence-electron chi connectivity index (χ3n) is 4.31. The van der Waals surface area contributed by atoms with Crippen LogP contribution in [0.5, 0.6) is 0 Å². The molecular weight excluding hydrogens is 438 g/mol. The number of carbonyl (C=O) groups excluding carboxylic acids is 1. The van der Waals surface area contributed by atoms with Crippen LogP contribution in [0.15, 0.2) is 40.6 Å². The lowest BCUT2D eigenvalue weighted by Gasteiger charge is -2.33. The number of sulfonamides is 1. The molecule has 0 saturated carbocycles. The fraction of sp³-hybridized carbons (Fsp3) is 0.333. The molecule has 0 atom stereocenters. The van der Waals surface area contributed by atoms with Crippen LogP contribution >= 0.6 is 34.7 Å². The molecule has 1 aromatic carbocycles. The largest absolute Gasteiger partial charge is 0.339 e. The average molecular weight is 456 g/mol. The molecule has 1 aromatic heterocycles. The highest BCUT2D eigenvalue weighted by atomic mass is 35.5. The van der Waals surface area contributed by atoms with Gasteiger partial charge in [-0.3, -0.25) is 4.79 Å². The van der Waals surface area contributed by atoms with Gasteiger partial charge < -0.3 is 4.90 Å². The van der Waals surface area contributed by atoms with Gasteiger partial charge in [0.15, 0.2) is 0 Å². The van der Waals surface area contributed by atoms with Gasteiger partial charge in [-0.05, 0) is 29.8 Å². The molecule has 0 bridgehead atoms. The molecule has 3 rings (SSSR count). The number of rotatable bonds is 6. The molecule has 0 spiro atoms. The smallest absolute Gasteiger partial charge is 0.252 e. The fourth-order valence-electron chi connectivity index (χ4n) is 2.76. The summed E-state index contributed by atoms with van der Waals surface area (Å²) >= 11 is 8.39. The summed E-state index contributed by atoms with van der Waals surface area (Å²) < 4.78 is 27.3. The molecule has 1 aliphatic heterocycles. The van der Waals surface area contributed by atoms with Crippen LogP contribution in [0.2, 0.25) is 4.34 Å². The number of thiophene rings is 1. The van der Waals surface area contributed by atoms with E-state index >= 15 is 0 Å². The van der Waals surface area contributed by atoms with E-state index in [0.29, 0.717) is 34.5 Å². The van der Waals surface area contributed by atoms with Crippen LogP contribution < -0.4 is 0 Å². The Labute approximate surface area is 177 Å². The number of piperazine rings is 1. The lowest BCUT2D eigenvalue weighted by molar-refractivity contribution is -0.129. The van der Waals surface area contributed by atoms with Crippen molar-refractivity contribution in [2.45, 2.75) is 9.96 Å². The predicted octanol–water partition coefficient (Wildman–Crippen LogP) is 3.04. The van der Waals surface area contributed by atoms with Gasteiger partial charge in [-0.1, -0.05) is 23.7 Å². The Morgan fingerprint density at radius 3 is 2.39 bits per heavy atom. The maximum Gasteiger partial charge on any atom is 0.252 e. The van der Waals surface area contributed by atoms with E-state index in [-0.39, 0.29) is 23.2 Å². The molecule has 2 heterocycles. The van der Waals surface area contributed by atoms with Gasteiger partial charge in [0.1, 0.15) is 4.21 Å². The Morgan fingerprint density at radius 1 is 1.14 bits per heavy atom. The van der Waals surface area contributed by atoms with Crippen molar-refractivity contribution in [3.8, 4) is 6.07 Å². The van der Waals surface area contributed by atoms with Crippen molar-refractivity contribution < 1.29 is 13.2 Å². The summed E-state index contributed by atoms with van der Waals surface area (Å²) in [6.45, 7) is 1.33. The summed E-state index contributed by atoms with van der Waals surface area (Å²) in [5, 5.41) is 8.80. The van der Waals surface area contributed by atoms with Gasteiger partial charge in [0.2, 0.25) is 5.91 Å². The molecule has 0 radical (unpaired) electrons. The first-order chi connectivity index (χ1) is 13.4. The van der Waals surface area contributed by atoms with Crippen molar-refractivity contribution in [2.24, 2.45) is 0 Å². The van der Waals surface area contributed by atoms with E-state index in [1.165, 1.54) is 22.1 Å². The van der Waals surface area contributed by atoms with Gasteiger partial charge in [-0.25, -0.2) is 8.42 Å². The zero-order valence-corrected chi connectivity index (χ0v) is 18.1. The number of halogens is 1. The Kier molecular flexibility index (Phi) is 7.01. The minimum atomic E-state index is -3.55. The molecule has 1 amide bonds. The Bertz CT molecular complexity index is 975. The molecule has 2 aromatic rings. The molecule has 1 saturated heterocycles. The third-order valence-corrected chi connectivity index (χ3v) is 8.90. The predicted molar refractivity (Wildman–Crippen MR) is 112 cm³/mol. The van der Waals surface area contributed by atoms with E-state index in [1.807, 2.05) is 12.1 Å². The second-order valence-electron chi connectivity index (χ2n) is 6.14. The van der Waals surface area contributed by atoms with Crippen molar-refractivity contribution in [3.63, 3.8) is 0 Å². The van der Waals surface area contributed by atoms with Gasteiger partial charge >= 0.3 is 0 Å². The molecule has 28 heavy (non-hydrogen) atoms. The van der Waals surface area contributed by atoms with Gasteiger partial charge in [0, 0.05) is 31.9 Å². The van der Waals surface area contributed by atoms with Gasteiger partial charge in [-0.15, -0.1) is 23.1 Å². The Morgan fingerprint density at radius 2 is 1.82 bits per heavy atom. The minimum absolute atomic E-state index is 0.00913. The summed E-state index contributed by atoms with van der Waals surface area (Å²) in [5.74, 6) is 1.04.